The fourth-order valence-electron chi connectivity index (χ4n) is 3.46. The highest BCUT2D eigenvalue weighted by Gasteiger charge is 2.33. The number of benzene rings is 1. The minimum atomic E-state index is -0.168. The van der Waals surface area contributed by atoms with Crippen LogP contribution in [0.4, 0.5) is 0 Å². The van der Waals surface area contributed by atoms with Crippen LogP contribution in [0.1, 0.15) is 67.1 Å². The summed E-state index contributed by atoms with van der Waals surface area (Å²) in [6.07, 6.45) is 4.49. The molecule has 1 aliphatic heterocycles. The Hall–Kier alpha value is -2.89. The van der Waals surface area contributed by atoms with Gasteiger partial charge in [-0.25, -0.2) is 0 Å². The lowest BCUT2D eigenvalue weighted by atomic mass is 10.00. The van der Waals surface area contributed by atoms with Gasteiger partial charge in [-0.1, -0.05) is 31.1 Å². The summed E-state index contributed by atoms with van der Waals surface area (Å²) >= 11 is 0. The van der Waals surface area contributed by atoms with Crippen molar-refractivity contribution in [1.82, 2.24) is 15.0 Å². The molecule has 0 aliphatic carbocycles. The van der Waals surface area contributed by atoms with Crippen molar-refractivity contribution in [1.29, 1.82) is 0 Å². The lowest BCUT2D eigenvalue weighted by Crippen LogP contribution is -2.38. The van der Waals surface area contributed by atoms with Crippen LogP contribution in [-0.4, -0.2) is 27.5 Å². The highest BCUT2D eigenvalue weighted by atomic mass is 16.5. The van der Waals surface area contributed by atoms with Crippen molar-refractivity contribution in [2.45, 2.75) is 45.1 Å². The largest absolute Gasteiger partial charge is 0.464 e. The molecule has 0 saturated carbocycles. The van der Waals surface area contributed by atoms with Crippen LogP contribution in [0.3, 0.4) is 0 Å². The van der Waals surface area contributed by atoms with E-state index in [9.17, 15) is 4.79 Å². The molecule has 140 valence electrons. The van der Waals surface area contributed by atoms with Gasteiger partial charge >= 0.3 is 0 Å². The van der Waals surface area contributed by atoms with E-state index in [1.807, 2.05) is 55.1 Å². The van der Waals surface area contributed by atoms with Crippen LogP contribution in [0.5, 0.6) is 0 Å². The Morgan fingerprint density at radius 3 is 2.85 bits per heavy atom. The molecule has 0 spiro atoms. The molecule has 0 radical (unpaired) electrons. The van der Waals surface area contributed by atoms with E-state index in [1.54, 1.807) is 6.26 Å². The number of aromatic nitrogens is 2. The number of likely N-dealkylation sites (tertiary alicyclic amines) is 1. The Balaban J connectivity index is 1.62. The first-order valence-electron chi connectivity index (χ1n) is 9.42. The Morgan fingerprint density at radius 1 is 1.22 bits per heavy atom. The van der Waals surface area contributed by atoms with E-state index >= 15 is 0 Å². The van der Waals surface area contributed by atoms with Crippen molar-refractivity contribution in [3.8, 4) is 11.3 Å². The second kappa shape index (κ2) is 7.39. The van der Waals surface area contributed by atoms with Gasteiger partial charge in [-0.05, 0) is 43.5 Å². The predicted molar refractivity (Wildman–Crippen MR) is 100 cm³/mol. The zero-order valence-corrected chi connectivity index (χ0v) is 15.6. The standard InChI is InChI=1S/C21H23N3O3/c1-14(2)19-22-20(27-23-19)17-9-3-4-11-24(17)21(25)16-8-5-7-15(13-16)18-10-6-12-26-18/h5-8,10,12-14,17H,3-4,9,11H2,1-2H3/t17-/m1/s1. The highest BCUT2D eigenvalue weighted by molar-refractivity contribution is 5.95. The molecule has 3 aromatic rings. The van der Waals surface area contributed by atoms with E-state index < -0.39 is 0 Å². The molecular formula is C21H23N3O3. The molecule has 6 heteroatoms. The molecule has 1 aromatic carbocycles. The van der Waals surface area contributed by atoms with Crippen molar-refractivity contribution in [3.05, 3.63) is 59.9 Å². The van der Waals surface area contributed by atoms with E-state index in [0.29, 0.717) is 23.8 Å². The molecule has 1 atom stereocenters. The summed E-state index contributed by atoms with van der Waals surface area (Å²) in [7, 11) is 0. The third-order valence-corrected chi connectivity index (χ3v) is 4.94. The van der Waals surface area contributed by atoms with Crippen molar-refractivity contribution in [2.75, 3.05) is 6.54 Å². The number of rotatable bonds is 4. The van der Waals surface area contributed by atoms with Gasteiger partial charge in [0.2, 0.25) is 5.89 Å². The van der Waals surface area contributed by atoms with Gasteiger partial charge in [-0.3, -0.25) is 4.79 Å². The fraction of sp³-hybridized carbons (Fsp3) is 0.381. The van der Waals surface area contributed by atoms with Gasteiger partial charge < -0.3 is 13.8 Å². The third kappa shape index (κ3) is 3.52. The SMILES string of the molecule is CC(C)c1noc([C@H]2CCCCN2C(=O)c2cccc(-c3ccco3)c2)n1. The van der Waals surface area contributed by atoms with Crippen LogP contribution in [-0.2, 0) is 0 Å². The number of hydrogen-bond acceptors (Lipinski definition) is 5. The molecule has 1 saturated heterocycles. The topological polar surface area (TPSA) is 72.4 Å². The van der Waals surface area contributed by atoms with E-state index in [4.69, 9.17) is 8.94 Å². The number of amides is 1. The average molecular weight is 365 g/mol. The first-order valence-corrected chi connectivity index (χ1v) is 9.42. The fourth-order valence-corrected chi connectivity index (χ4v) is 3.46. The molecule has 0 bridgehead atoms. The second-order valence-corrected chi connectivity index (χ2v) is 7.21. The zero-order valence-electron chi connectivity index (χ0n) is 15.6. The van der Waals surface area contributed by atoms with Gasteiger partial charge in [0.25, 0.3) is 5.91 Å². The predicted octanol–water partition coefficient (Wildman–Crippen LogP) is 4.82. The van der Waals surface area contributed by atoms with Gasteiger partial charge in [0.15, 0.2) is 5.82 Å². The van der Waals surface area contributed by atoms with E-state index in [2.05, 4.69) is 10.1 Å². The first-order chi connectivity index (χ1) is 13.1. The van der Waals surface area contributed by atoms with Gasteiger partial charge in [0.1, 0.15) is 11.8 Å². The molecule has 6 nitrogen and oxygen atoms in total. The Bertz CT molecular complexity index is 914. The summed E-state index contributed by atoms with van der Waals surface area (Å²) in [6, 6.07) is 11.1. The quantitative estimate of drug-likeness (QED) is 0.663. The van der Waals surface area contributed by atoms with Crippen LogP contribution in [0.25, 0.3) is 11.3 Å². The van der Waals surface area contributed by atoms with Gasteiger partial charge in [0, 0.05) is 23.6 Å². The van der Waals surface area contributed by atoms with Crippen LogP contribution in [0.2, 0.25) is 0 Å². The van der Waals surface area contributed by atoms with E-state index in [1.165, 1.54) is 0 Å². The molecule has 2 aromatic heterocycles. The maximum absolute atomic E-state index is 13.3. The number of nitrogens with zero attached hydrogens (tertiary/aromatic N) is 3. The normalized spacial score (nSPS) is 17.4. The summed E-state index contributed by atoms with van der Waals surface area (Å²) in [6.45, 7) is 4.74. The average Bonchev–Trinajstić information content (AvgIpc) is 3.39. The van der Waals surface area contributed by atoms with Crippen LogP contribution >= 0.6 is 0 Å². The Kier molecular flexibility index (Phi) is 4.79. The lowest BCUT2D eigenvalue weighted by molar-refractivity contribution is 0.0561. The van der Waals surface area contributed by atoms with Crippen molar-refractivity contribution in [2.24, 2.45) is 0 Å². The molecule has 0 unspecified atom stereocenters. The number of piperidine rings is 1. The second-order valence-electron chi connectivity index (χ2n) is 7.21. The highest BCUT2D eigenvalue weighted by Crippen LogP contribution is 2.32. The molecular weight excluding hydrogens is 342 g/mol. The summed E-state index contributed by atoms with van der Waals surface area (Å²) < 4.78 is 11.0. The molecule has 4 rings (SSSR count). The maximum Gasteiger partial charge on any atom is 0.254 e. The summed E-state index contributed by atoms with van der Waals surface area (Å²) in [4.78, 5) is 19.6. The molecule has 1 aliphatic rings. The molecule has 1 amide bonds. The smallest absolute Gasteiger partial charge is 0.254 e. The van der Waals surface area contributed by atoms with Crippen molar-refractivity contribution >= 4 is 5.91 Å². The minimum absolute atomic E-state index is 0.0163. The van der Waals surface area contributed by atoms with Crippen molar-refractivity contribution < 1.29 is 13.7 Å². The lowest BCUT2D eigenvalue weighted by Gasteiger charge is -2.33. The first kappa shape index (κ1) is 17.5. The summed E-state index contributed by atoms with van der Waals surface area (Å²) in [5, 5.41) is 4.07. The molecule has 3 heterocycles. The minimum Gasteiger partial charge on any atom is -0.464 e. The number of carbonyl (C=O) groups excluding carboxylic acids is 1. The van der Waals surface area contributed by atoms with Gasteiger partial charge in [-0.2, -0.15) is 4.98 Å². The van der Waals surface area contributed by atoms with Gasteiger partial charge in [0.05, 0.1) is 6.26 Å². The van der Waals surface area contributed by atoms with E-state index in [0.717, 1.165) is 30.6 Å². The monoisotopic (exact) mass is 365 g/mol. The molecule has 1 fully saturated rings. The van der Waals surface area contributed by atoms with Crippen LogP contribution in [0.15, 0.2) is 51.6 Å². The Morgan fingerprint density at radius 2 is 2.11 bits per heavy atom. The summed E-state index contributed by atoms with van der Waals surface area (Å²) in [5.74, 6) is 2.15. The van der Waals surface area contributed by atoms with Crippen molar-refractivity contribution in [3.63, 3.8) is 0 Å². The number of carbonyl (C=O) groups is 1. The molecule has 0 N–H and O–H groups in total. The van der Waals surface area contributed by atoms with Crippen LogP contribution in [0, 0.1) is 0 Å². The molecule has 27 heavy (non-hydrogen) atoms. The Labute approximate surface area is 158 Å². The van der Waals surface area contributed by atoms with Gasteiger partial charge in [-0.15, -0.1) is 0 Å². The maximum atomic E-state index is 13.3. The third-order valence-electron chi connectivity index (χ3n) is 4.94. The van der Waals surface area contributed by atoms with E-state index in [-0.39, 0.29) is 17.9 Å². The zero-order chi connectivity index (χ0) is 18.8. The number of hydrogen-bond donors (Lipinski definition) is 0. The summed E-state index contributed by atoms with van der Waals surface area (Å²) in [5.41, 5.74) is 1.53. The number of furan rings is 1. The van der Waals surface area contributed by atoms with Crippen LogP contribution < -0.4 is 0 Å².